The fraction of sp³-hybridized carbons (Fsp3) is 0.417. The van der Waals surface area contributed by atoms with Crippen LogP contribution in [-0.4, -0.2) is 19.0 Å². The van der Waals surface area contributed by atoms with Crippen molar-refractivity contribution in [3.63, 3.8) is 0 Å². The van der Waals surface area contributed by atoms with Gasteiger partial charge in [-0.15, -0.1) is 0 Å². The number of anilines is 2. The van der Waals surface area contributed by atoms with Crippen molar-refractivity contribution >= 4 is 17.3 Å². The van der Waals surface area contributed by atoms with Crippen LogP contribution in [0.2, 0.25) is 0 Å². The maximum Gasteiger partial charge on any atom is 0.223 e. The van der Waals surface area contributed by atoms with Crippen molar-refractivity contribution in [2.45, 2.75) is 19.8 Å². The average Bonchev–Trinajstić information content (AvgIpc) is 2.18. The molecule has 1 aliphatic heterocycles. The minimum Gasteiger partial charge on any atom is -0.383 e. The van der Waals surface area contributed by atoms with Crippen LogP contribution in [-0.2, 0) is 4.79 Å². The largest absolute Gasteiger partial charge is 0.383 e. The highest BCUT2D eigenvalue weighted by Crippen LogP contribution is 2.27. The van der Waals surface area contributed by atoms with Crippen LogP contribution in [0.3, 0.4) is 0 Å². The molecule has 0 radical (unpaired) electrons. The molecule has 0 saturated heterocycles. The maximum absolute atomic E-state index is 11.5. The lowest BCUT2D eigenvalue weighted by Crippen LogP contribution is -2.31. The minimum absolute atomic E-state index is 0.117. The predicted octanol–water partition coefficient (Wildman–Crippen LogP) is 2.25. The van der Waals surface area contributed by atoms with Gasteiger partial charge >= 0.3 is 0 Å². The quantitative estimate of drug-likeness (QED) is 0.703. The normalized spacial score (nSPS) is 15.9. The molecule has 0 spiro atoms. The summed E-state index contributed by atoms with van der Waals surface area (Å²) in [5.41, 5.74) is 2.07. The van der Waals surface area contributed by atoms with E-state index in [1.54, 1.807) is 6.92 Å². The highest BCUT2D eigenvalue weighted by atomic mass is 16.2. The number of amides is 1. The van der Waals surface area contributed by atoms with Crippen LogP contribution < -0.4 is 10.2 Å². The van der Waals surface area contributed by atoms with Gasteiger partial charge in [-0.25, -0.2) is 0 Å². The third-order valence-electron chi connectivity index (χ3n) is 2.70. The number of carbonyl (C=O) groups excluding carboxylic acids is 1. The van der Waals surface area contributed by atoms with Crippen molar-refractivity contribution in [1.82, 2.24) is 0 Å². The first kappa shape index (κ1) is 10.0. The number of nitrogens with one attached hydrogen (secondary N) is 1. The Labute approximate surface area is 90.1 Å². The molecule has 80 valence electrons. The summed E-state index contributed by atoms with van der Waals surface area (Å²) in [6.45, 7) is 3.44. The number of carbonyl (C=O) groups is 1. The third kappa shape index (κ3) is 2.12. The molecule has 1 amide bonds. The molecule has 15 heavy (non-hydrogen) atoms. The Morgan fingerprint density at radius 2 is 2.13 bits per heavy atom. The molecule has 0 atom stereocenters. The molecule has 1 aromatic carbocycles. The number of hydrogen-bond donors (Lipinski definition) is 1. The molecule has 1 aromatic rings. The van der Waals surface area contributed by atoms with E-state index in [0.29, 0.717) is 0 Å². The second-order valence-electron chi connectivity index (χ2n) is 3.82. The zero-order valence-corrected chi connectivity index (χ0v) is 8.99. The van der Waals surface area contributed by atoms with E-state index < -0.39 is 0 Å². The van der Waals surface area contributed by atoms with Crippen molar-refractivity contribution in [3.8, 4) is 0 Å². The molecular weight excluding hydrogens is 188 g/mol. The number of benzene rings is 1. The van der Waals surface area contributed by atoms with Crippen molar-refractivity contribution in [2.24, 2.45) is 0 Å². The van der Waals surface area contributed by atoms with Gasteiger partial charge in [-0.05, 0) is 25.0 Å². The summed E-state index contributed by atoms with van der Waals surface area (Å²) in [6.07, 6.45) is 2.17. The molecule has 1 heterocycles. The monoisotopic (exact) mass is 204 g/mol. The molecule has 3 nitrogen and oxygen atoms in total. The predicted molar refractivity (Wildman–Crippen MR) is 62.2 cm³/mol. The molecule has 3 heteroatoms. The zero-order valence-electron chi connectivity index (χ0n) is 8.99. The van der Waals surface area contributed by atoms with Crippen LogP contribution in [0.5, 0.6) is 0 Å². The first-order chi connectivity index (χ1) is 7.29. The second kappa shape index (κ2) is 4.34. The molecule has 0 aliphatic carbocycles. The molecule has 0 bridgehead atoms. The van der Waals surface area contributed by atoms with Gasteiger partial charge in [-0.3, -0.25) is 4.79 Å². The Balaban J connectivity index is 2.38. The van der Waals surface area contributed by atoms with Gasteiger partial charge in [-0.2, -0.15) is 0 Å². The molecule has 0 unspecified atom stereocenters. The topological polar surface area (TPSA) is 32.3 Å². The molecular formula is C12H16N2O. The Hall–Kier alpha value is -1.51. The number of fused-ring (bicyclic) bond motifs is 1. The smallest absolute Gasteiger partial charge is 0.223 e. The van der Waals surface area contributed by atoms with Gasteiger partial charge in [0.05, 0.1) is 11.4 Å². The van der Waals surface area contributed by atoms with Crippen molar-refractivity contribution in [1.29, 1.82) is 0 Å². The third-order valence-corrected chi connectivity index (χ3v) is 2.70. The van der Waals surface area contributed by atoms with E-state index in [4.69, 9.17) is 0 Å². The highest BCUT2D eigenvalue weighted by Gasteiger charge is 2.16. The lowest BCUT2D eigenvalue weighted by atomic mass is 10.1. The van der Waals surface area contributed by atoms with Gasteiger partial charge in [0, 0.05) is 20.0 Å². The Bertz CT molecular complexity index is 362. The van der Waals surface area contributed by atoms with Crippen molar-refractivity contribution in [3.05, 3.63) is 24.3 Å². The number of nitrogens with zero attached hydrogens (tertiary/aromatic N) is 1. The van der Waals surface area contributed by atoms with Gasteiger partial charge in [-0.1, -0.05) is 12.1 Å². The van der Waals surface area contributed by atoms with Crippen LogP contribution >= 0.6 is 0 Å². The highest BCUT2D eigenvalue weighted by molar-refractivity contribution is 5.95. The van der Waals surface area contributed by atoms with Crippen LogP contribution in [0.15, 0.2) is 24.3 Å². The number of hydrogen-bond acceptors (Lipinski definition) is 2. The Kier molecular flexibility index (Phi) is 2.90. The van der Waals surface area contributed by atoms with E-state index in [1.807, 2.05) is 29.2 Å². The summed E-state index contributed by atoms with van der Waals surface area (Å²) in [5, 5.41) is 3.36. The summed E-state index contributed by atoms with van der Waals surface area (Å²) >= 11 is 0. The molecule has 1 aliphatic rings. The molecule has 0 saturated carbocycles. The zero-order chi connectivity index (χ0) is 10.7. The van der Waals surface area contributed by atoms with Gasteiger partial charge in [0.1, 0.15) is 0 Å². The molecule has 0 aromatic heterocycles. The van der Waals surface area contributed by atoms with Crippen LogP contribution in [0, 0.1) is 0 Å². The van der Waals surface area contributed by atoms with Crippen LogP contribution in [0.4, 0.5) is 11.4 Å². The number of rotatable bonds is 0. The van der Waals surface area contributed by atoms with E-state index in [0.717, 1.165) is 37.3 Å². The first-order valence-electron chi connectivity index (χ1n) is 5.40. The average molecular weight is 204 g/mol. The Morgan fingerprint density at radius 1 is 1.33 bits per heavy atom. The lowest BCUT2D eigenvalue weighted by molar-refractivity contribution is -0.116. The van der Waals surface area contributed by atoms with Crippen LogP contribution in [0.1, 0.15) is 19.8 Å². The van der Waals surface area contributed by atoms with Gasteiger partial charge in [0.25, 0.3) is 0 Å². The molecule has 0 fully saturated rings. The summed E-state index contributed by atoms with van der Waals surface area (Å²) in [4.78, 5) is 13.4. The standard InChI is InChI=1S/C12H16N2O/c1-10(15)14-9-5-4-8-13-11-6-2-3-7-12(11)14/h2-3,6-7,13H,4-5,8-9H2,1H3. The van der Waals surface area contributed by atoms with E-state index in [9.17, 15) is 4.79 Å². The SMILES string of the molecule is CC(=O)N1CCCCNc2ccccc21. The molecule has 2 rings (SSSR count). The fourth-order valence-corrected chi connectivity index (χ4v) is 1.92. The van der Waals surface area contributed by atoms with Crippen LogP contribution in [0.25, 0.3) is 0 Å². The summed E-state index contributed by atoms with van der Waals surface area (Å²) in [7, 11) is 0. The Morgan fingerprint density at radius 3 is 2.93 bits per heavy atom. The summed E-state index contributed by atoms with van der Waals surface area (Å²) < 4.78 is 0. The van der Waals surface area contributed by atoms with E-state index in [1.165, 1.54) is 0 Å². The van der Waals surface area contributed by atoms with Gasteiger partial charge in [0.15, 0.2) is 0 Å². The minimum atomic E-state index is 0.117. The summed E-state index contributed by atoms with van der Waals surface area (Å²) in [6, 6.07) is 7.98. The van der Waals surface area contributed by atoms with E-state index >= 15 is 0 Å². The first-order valence-corrected chi connectivity index (χ1v) is 5.40. The van der Waals surface area contributed by atoms with Gasteiger partial charge < -0.3 is 10.2 Å². The number of para-hydroxylation sites is 2. The summed E-state index contributed by atoms with van der Waals surface area (Å²) in [5.74, 6) is 0.117. The van der Waals surface area contributed by atoms with Crippen molar-refractivity contribution in [2.75, 3.05) is 23.3 Å². The van der Waals surface area contributed by atoms with Crippen molar-refractivity contribution < 1.29 is 4.79 Å². The molecule has 1 N–H and O–H groups in total. The fourth-order valence-electron chi connectivity index (χ4n) is 1.92. The van der Waals surface area contributed by atoms with E-state index in [-0.39, 0.29) is 5.91 Å². The maximum atomic E-state index is 11.5. The van der Waals surface area contributed by atoms with E-state index in [2.05, 4.69) is 5.32 Å². The lowest BCUT2D eigenvalue weighted by Gasteiger charge is -2.26. The van der Waals surface area contributed by atoms with Gasteiger partial charge in [0.2, 0.25) is 5.91 Å². The second-order valence-corrected chi connectivity index (χ2v) is 3.82.